The first-order chi connectivity index (χ1) is 13.1. The van der Waals surface area contributed by atoms with Gasteiger partial charge in [-0.15, -0.1) is 0 Å². The molecule has 1 amide bonds. The van der Waals surface area contributed by atoms with Crippen molar-refractivity contribution in [2.45, 2.75) is 24.2 Å². The Balaban J connectivity index is 2.50. The minimum atomic E-state index is -5.15. The van der Waals surface area contributed by atoms with Crippen LogP contribution in [0.25, 0.3) is 0 Å². The molecule has 0 fully saturated rings. The number of hydrogen-bond acceptors (Lipinski definition) is 4. The van der Waals surface area contributed by atoms with Gasteiger partial charge in [0.25, 0.3) is 5.91 Å². The van der Waals surface area contributed by atoms with E-state index in [0.717, 1.165) is 18.2 Å². The number of alkyl halides is 6. The highest BCUT2D eigenvalue weighted by atomic mass is 32.2. The molecule has 0 saturated carbocycles. The first kappa shape index (κ1) is 22.5. The minimum Gasteiger partial charge on any atom is -0.506 e. The van der Waals surface area contributed by atoms with Crippen LogP contribution in [0.1, 0.15) is 28.4 Å². The second kappa shape index (κ2) is 7.58. The van der Waals surface area contributed by atoms with E-state index < -0.39 is 56.2 Å². The maximum Gasteiger partial charge on any atom is 0.416 e. The molecule has 0 bridgehead atoms. The summed E-state index contributed by atoms with van der Waals surface area (Å²) in [6, 6.07) is 3.11. The third-order valence-electron chi connectivity index (χ3n) is 3.81. The van der Waals surface area contributed by atoms with Gasteiger partial charge in [0.15, 0.2) is 9.84 Å². The Hall–Kier alpha value is -2.76. The maximum absolute atomic E-state index is 12.9. The summed E-state index contributed by atoms with van der Waals surface area (Å²) in [5.41, 5.74) is -4.85. The smallest absolute Gasteiger partial charge is 0.416 e. The number of sulfone groups is 1. The van der Waals surface area contributed by atoms with Gasteiger partial charge in [-0.25, -0.2) is 8.42 Å². The van der Waals surface area contributed by atoms with Crippen LogP contribution in [0.3, 0.4) is 0 Å². The number of benzene rings is 2. The van der Waals surface area contributed by atoms with Gasteiger partial charge < -0.3 is 10.4 Å². The number of aromatic hydroxyl groups is 1. The SMILES string of the molecule is CCS(=O)(=O)c1ccc(O)c(NC(=O)c2cc(C(F)(F)F)cc(C(F)(F)F)c2)c1. The molecular weight excluding hydrogens is 428 g/mol. The standard InChI is InChI=1S/C17H13F6NO4S/c1-2-29(27,28)12-3-4-14(25)13(8-12)24-15(26)9-5-10(16(18,19)20)7-11(6-9)17(21,22)23/h3-8,25H,2H2,1H3,(H,24,26). The van der Waals surface area contributed by atoms with Crippen LogP contribution in [0.2, 0.25) is 0 Å². The van der Waals surface area contributed by atoms with Crippen molar-refractivity contribution in [1.29, 1.82) is 0 Å². The van der Waals surface area contributed by atoms with Crippen molar-refractivity contribution in [3.05, 3.63) is 53.1 Å². The van der Waals surface area contributed by atoms with Crippen LogP contribution >= 0.6 is 0 Å². The molecule has 158 valence electrons. The second-order valence-corrected chi connectivity index (χ2v) is 8.11. The van der Waals surface area contributed by atoms with Crippen LogP contribution in [0.4, 0.5) is 32.0 Å². The number of hydrogen-bond donors (Lipinski definition) is 2. The molecule has 0 spiro atoms. The number of carbonyl (C=O) groups excluding carboxylic acids is 1. The van der Waals surface area contributed by atoms with E-state index in [-0.39, 0.29) is 28.8 Å². The molecule has 2 rings (SSSR count). The van der Waals surface area contributed by atoms with E-state index in [0.29, 0.717) is 0 Å². The minimum absolute atomic E-state index is 0.136. The molecule has 0 aliphatic carbocycles. The Morgan fingerprint density at radius 2 is 1.48 bits per heavy atom. The molecule has 0 aromatic heterocycles. The predicted octanol–water partition coefficient (Wildman–Crippen LogP) is 4.48. The molecule has 29 heavy (non-hydrogen) atoms. The lowest BCUT2D eigenvalue weighted by Crippen LogP contribution is -2.17. The molecule has 0 radical (unpaired) electrons. The molecule has 0 saturated heterocycles. The number of rotatable bonds is 4. The number of phenolic OH excluding ortho intramolecular Hbond substituents is 1. The van der Waals surface area contributed by atoms with Crippen LogP contribution in [0.15, 0.2) is 41.3 Å². The fourth-order valence-corrected chi connectivity index (χ4v) is 3.16. The lowest BCUT2D eigenvalue weighted by Gasteiger charge is -2.15. The summed E-state index contributed by atoms with van der Waals surface area (Å²) in [7, 11) is -3.75. The van der Waals surface area contributed by atoms with Gasteiger partial charge >= 0.3 is 12.4 Å². The van der Waals surface area contributed by atoms with E-state index in [4.69, 9.17) is 0 Å². The molecule has 2 aromatic rings. The number of nitrogens with one attached hydrogen (secondary N) is 1. The van der Waals surface area contributed by atoms with Crippen LogP contribution in [-0.2, 0) is 22.2 Å². The van der Waals surface area contributed by atoms with Gasteiger partial charge in [0, 0.05) is 5.56 Å². The first-order valence-electron chi connectivity index (χ1n) is 7.81. The van der Waals surface area contributed by atoms with Crippen LogP contribution in [-0.4, -0.2) is 25.2 Å². The molecule has 0 unspecified atom stereocenters. The van der Waals surface area contributed by atoms with E-state index in [1.807, 2.05) is 5.32 Å². The topological polar surface area (TPSA) is 83.5 Å². The van der Waals surface area contributed by atoms with Crippen molar-refractivity contribution < 1.29 is 44.7 Å². The van der Waals surface area contributed by atoms with Gasteiger partial charge in [0.05, 0.1) is 27.5 Å². The summed E-state index contributed by atoms with van der Waals surface area (Å²) >= 11 is 0. The van der Waals surface area contributed by atoms with Gasteiger partial charge in [0.2, 0.25) is 0 Å². The van der Waals surface area contributed by atoms with Crippen molar-refractivity contribution >= 4 is 21.4 Å². The van der Waals surface area contributed by atoms with Crippen LogP contribution in [0, 0.1) is 0 Å². The fraction of sp³-hybridized carbons (Fsp3) is 0.235. The Morgan fingerprint density at radius 1 is 0.966 bits per heavy atom. The summed E-state index contributed by atoms with van der Waals surface area (Å²) in [4.78, 5) is 12.0. The number of phenols is 1. The van der Waals surface area contributed by atoms with Crippen molar-refractivity contribution in [3.63, 3.8) is 0 Å². The maximum atomic E-state index is 12.9. The molecule has 5 nitrogen and oxygen atoms in total. The first-order valence-corrected chi connectivity index (χ1v) is 9.47. The van der Waals surface area contributed by atoms with E-state index in [1.165, 1.54) is 6.92 Å². The summed E-state index contributed by atoms with van der Waals surface area (Å²) in [6.07, 6.45) is -10.3. The quantitative estimate of drug-likeness (QED) is 0.542. The van der Waals surface area contributed by atoms with Crippen LogP contribution < -0.4 is 5.32 Å². The van der Waals surface area contributed by atoms with E-state index in [9.17, 15) is 44.7 Å². The normalized spacial score (nSPS) is 12.7. The van der Waals surface area contributed by atoms with Crippen molar-refractivity contribution in [2.24, 2.45) is 0 Å². The summed E-state index contributed by atoms with van der Waals surface area (Å²) in [5, 5.41) is 11.7. The highest BCUT2D eigenvalue weighted by Gasteiger charge is 2.37. The molecule has 0 aliphatic rings. The molecule has 0 heterocycles. The molecular formula is C17H13F6NO4S. The highest BCUT2D eigenvalue weighted by Crippen LogP contribution is 2.36. The third kappa shape index (κ3) is 5.19. The summed E-state index contributed by atoms with van der Waals surface area (Å²) in [5.74, 6) is -2.34. The van der Waals surface area contributed by atoms with Gasteiger partial charge in [0.1, 0.15) is 5.75 Å². The molecule has 2 N–H and O–H groups in total. The Morgan fingerprint density at radius 3 is 1.93 bits per heavy atom. The van der Waals surface area contributed by atoms with E-state index >= 15 is 0 Å². The second-order valence-electron chi connectivity index (χ2n) is 5.83. The van der Waals surface area contributed by atoms with Gasteiger partial charge in [-0.2, -0.15) is 26.3 Å². The number of anilines is 1. The number of halogens is 6. The molecule has 2 aromatic carbocycles. The van der Waals surface area contributed by atoms with Crippen molar-refractivity contribution in [1.82, 2.24) is 0 Å². The fourth-order valence-electron chi connectivity index (χ4n) is 2.26. The Kier molecular flexibility index (Phi) is 5.89. The van der Waals surface area contributed by atoms with Gasteiger partial charge in [-0.1, -0.05) is 6.92 Å². The monoisotopic (exact) mass is 441 g/mol. The molecule has 0 atom stereocenters. The molecule has 12 heteroatoms. The average molecular weight is 441 g/mol. The van der Waals surface area contributed by atoms with Crippen molar-refractivity contribution in [3.8, 4) is 5.75 Å². The Bertz CT molecular complexity index is 1010. The van der Waals surface area contributed by atoms with Gasteiger partial charge in [-0.05, 0) is 36.4 Å². The number of carbonyl (C=O) groups is 1. The summed E-state index contributed by atoms with van der Waals surface area (Å²) < 4.78 is 101. The van der Waals surface area contributed by atoms with Crippen LogP contribution in [0.5, 0.6) is 5.75 Å². The third-order valence-corrected chi connectivity index (χ3v) is 5.54. The lowest BCUT2D eigenvalue weighted by molar-refractivity contribution is -0.143. The highest BCUT2D eigenvalue weighted by molar-refractivity contribution is 7.91. The zero-order valence-electron chi connectivity index (χ0n) is 14.5. The molecule has 0 aliphatic heterocycles. The van der Waals surface area contributed by atoms with E-state index in [2.05, 4.69) is 0 Å². The predicted molar refractivity (Wildman–Crippen MR) is 90.2 cm³/mol. The number of amides is 1. The Labute approximate surface area is 160 Å². The lowest BCUT2D eigenvalue weighted by atomic mass is 10.0. The largest absolute Gasteiger partial charge is 0.506 e. The zero-order chi connectivity index (χ0) is 22.2. The van der Waals surface area contributed by atoms with Gasteiger partial charge in [-0.3, -0.25) is 4.79 Å². The van der Waals surface area contributed by atoms with E-state index in [1.54, 1.807) is 0 Å². The zero-order valence-corrected chi connectivity index (χ0v) is 15.3. The van der Waals surface area contributed by atoms with Crippen molar-refractivity contribution in [2.75, 3.05) is 11.1 Å². The average Bonchev–Trinajstić information content (AvgIpc) is 2.61. The summed E-state index contributed by atoms with van der Waals surface area (Å²) in [6.45, 7) is 1.34.